The first kappa shape index (κ1) is 32.3. The molecule has 2 aromatic rings. The highest BCUT2D eigenvalue weighted by Crippen LogP contribution is 2.36. The van der Waals surface area contributed by atoms with Gasteiger partial charge in [-0.05, 0) is 62.9 Å². The van der Waals surface area contributed by atoms with E-state index >= 15 is 0 Å². The van der Waals surface area contributed by atoms with Crippen molar-refractivity contribution in [2.45, 2.75) is 89.3 Å². The number of rotatable bonds is 10. The summed E-state index contributed by atoms with van der Waals surface area (Å²) in [7, 11) is 6.12. The maximum Gasteiger partial charge on any atom is 0.132 e. The van der Waals surface area contributed by atoms with Crippen LogP contribution in [-0.4, -0.2) is 106 Å². The van der Waals surface area contributed by atoms with Crippen LogP contribution in [0.3, 0.4) is 0 Å². The zero-order chi connectivity index (χ0) is 30.5. The maximum atomic E-state index is 5.60. The highest BCUT2D eigenvalue weighted by molar-refractivity contribution is 5.53. The lowest BCUT2D eigenvalue weighted by Gasteiger charge is -2.44. The van der Waals surface area contributed by atoms with E-state index in [9.17, 15) is 0 Å². The van der Waals surface area contributed by atoms with Gasteiger partial charge < -0.3 is 24.0 Å². The number of nitrogens with zero attached hydrogens (tertiary/aromatic N) is 5. The third kappa shape index (κ3) is 7.77. The molecule has 0 bridgehead atoms. The summed E-state index contributed by atoms with van der Waals surface area (Å²) in [6.07, 6.45) is 3.79. The molecule has 4 saturated heterocycles. The number of hydrogen-bond acceptors (Lipinski definition) is 8. The molecule has 2 aromatic heterocycles. The highest BCUT2D eigenvalue weighted by atomic mass is 16.5. The number of likely N-dealkylation sites (tertiary alicyclic amines) is 1. The van der Waals surface area contributed by atoms with Crippen LogP contribution < -0.4 is 4.90 Å². The van der Waals surface area contributed by atoms with Gasteiger partial charge in [0.1, 0.15) is 5.82 Å². The van der Waals surface area contributed by atoms with Gasteiger partial charge >= 0.3 is 0 Å². The van der Waals surface area contributed by atoms with Crippen molar-refractivity contribution in [3.8, 4) is 0 Å². The number of pyridine rings is 2. The molecular weight excluding hydrogens is 538 g/mol. The predicted octanol–water partition coefficient (Wildman–Crippen LogP) is 5.39. The van der Waals surface area contributed by atoms with E-state index in [-0.39, 0.29) is 0 Å². The number of hydrogen-bond donors (Lipinski definition) is 0. The number of anilines is 1. The molecule has 43 heavy (non-hydrogen) atoms. The van der Waals surface area contributed by atoms with Crippen molar-refractivity contribution in [1.82, 2.24) is 19.8 Å². The Kier molecular flexibility index (Phi) is 11.1. The first-order valence-corrected chi connectivity index (χ1v) is 16.6. The summed E-state index contributed by atoms with van der Waals surface area (Å²) in [6, 6.07) is 9.67. The molecule has 3 unspecified atom stereocenters. The van der Waals surface area contributed by atoms with Crippen LogP contribution in [0.2, 0.25) is 0 Å². The lowest BCUT2D eigenvalue weighted by Crippen LogP contribution is -2.58. The molecular formula is C35H55N5O3. The minimum Gasteiger partial charge on any atom is -0.381 e. The Morgan fingerprint density at radius 1 is 0.884 bits per heavy atom. The van der Waals surface area contributed by atoms with Crippen molar-refractivity contribution in [3.05, 3.63) is 52.5 Å². The standard InChI is InChI=1S/C18H29N3O.C17H26N2O2/c1-5-13(2)17-7-6-16(14-8-9-22-12-14)18(19-17)21-10-15(11-21)20(3)4;1-12(2)16-5-4-15(13-6-7-21-11-13)17(18-16)10-19-8-14(9-19)20-3/h6-7,13-15H,5,8-12H2,1-4H3;4-5,12-14H,6-11H2,1-3H3. The lowest BCUT2D eigenvalue weighted by atomic mass is 9.94. The second-order valence-electron chi connectivity index (χ2n) is 13.6. The molecule has 6 rings (SSSR count). The van der Waals surface area contributed by atoms with E-state index in [4.69, 9.17) is 24.2 Å². The maximum absolute atomic E-state index is 5.60. The quantitative estimate of drug-likeness (QED) is 0.364. The fourth-order valence-corrected chi connectivity index (χ4v) is 6.41. The van der Waals surface area contributed by atoms with Gasteiger partial charge in [0, 0.05) is 87.9 Å². The third-order valence-corrected chi connectivity index (χ3v) is 9.93. The Balaban J connectivity index is 0.000000171. The molecule has 0 spiro atoms. The molecule has 3 atom stereocenters. The average Bonchev–Trinajstić information content (AvgIpc) is 3.69. The van der Waals surface area contributed by atoms with E-state index in [0.29, 0.717) is 35.8 Å². The molecule has 0 aliphatic carbocycles. The number of methoxy groups -OCH3 is 1. The van der Waals surface area contributed by atoms with Crippen LogP contribution in [-0.2, 0) is 20.8 Å². The van der Waals surface area contributed by atoms with Gasteiger partial charge in [0.2, 0.25) is 0 Å². The normalized spacial score (nSPS) is 23.8. The minimum atomic E-state index is 0.400. The molecule has 0 saturated carbocycles. The fraction of sp³-hybridized carbons (Fsp3) is 0.714. The first-order valence-electron chi connectivity index (χ1n) is 16.6. The summed E-state index contributed by atoms with van der Waals surface area (Å²) in [6.45, 7) is 17.5. The number of likely N-dealkylation sites (N-methyl/N-ethyl adjacent to an activating group) is 1. The van der Waals surface area contributed by atoms with Crippen molar-refractivity contribution in [3.63, 3.8) is 0 Å². The van der Waals surface area contributed by atoms with Gasteiger partial charge in [-0.2, -0.15) is 0 Å². The second kappa shape index (κ2) is 14.8. The van der Waals surface area contributed by atoms with Gasteiger partial charge in [-0.25, -0.2) is 4.98 Å². The second-order valence-corrected chi connectivity index (χ2v) is 13.6. The molecule has 4 fully saturated rings. The molecule has 8 nitrogen and oxygen atoms in total. The highest BCUT2D eigenvalue weighted by Gasteiger charge is 2.33. The summed E-state index contributed by atoms with van der Waals surface area (Å²) in [5, 5.41) is 0. The van der Waals surface area contributed by atoms with Crippen LogP contribution in [0.5, 0.6) is 0 Å². The van der Waals surface area contributed by atoms with Crippen molar-refractivity contribution in [1.29, 1.82) is 0 Å². The monoisotopic (exact) mass is 593 g/mol. The molecule has 4 aliphatic heterocycles. The van der Waals surface area contributed by atoms with Crippen LogP contribution in [0, 0.1) is 0 Å². The Hall–Kier alpha value is -2.10. The summed E-state index contributed by atoms with van der Waals surface area (Å²) < 4.78 is 16.5. The smallest absolute Gasteiger partial charge is 0.132 e. The lowest BCUT2D eigenvalue weighted by molar-refractivity contribution is -0.0340. The zero-order valence-electron chi connectivity index (χ0n) is 27.7. The molecule has 8 heteroatoms. The van der Waals surface area contributed by atoms with Crippen molar-refractivity contribution < 1.29 is 14.2 Å². The molecule has 4 aliphatic rings. The van der Waals surface area contributed by atoms with E-state index in [0.717, 1.165) is 78.4 Å². The van der Waals surface area contributed by atoms with Gasteiger partial charge in [0.25, 0.3) is 0 Å². The van der Waals surface area contributed by atoms with Gasteiger partial charge in [-0.1, -0.05) is 39.8 Å². The van der Waals surface area contributed by atoms with E-state index < -0.39 is 0 Å². The molecule has 238 valence electrons. The topological polar surface area (TPSA) is 63.2 Å². The number of aromatic nitrogens is 2. The molecule has 0 aromatic carbocycles. The van der Waals surface area contributed by atoms with Gasteiger partial charge in [-0.15, -0.1) is 0 Å². The predicted molar refractivity (Wildman–Crippen MR) is 173 cm³/mol. The minimum absolute atomic E-state index is 0.400. The molecule has 0 amide bonds. The fourth-order valence-electron chi connectivity index (χ4n) is 6.41. The van der Waals surface area contributed by atoms with Crippen LogP contribution in [0.4, 0.5) is 5.82 Å². The summed E-state index contributed by atoms with van der Waals surface area (Å²) in [5.74, 6) is 3.26. The van der Waals surface area contributed by atoms with Gasteiger partial charge in [0.15, 0.2) is 0 Å². The van der Waals surface area contributed by atoms with E-state index in [1.807, 2.05) is 0 Å². The van der Waals surface area contributed by atoms with E-state index in [1.54, 1.807) is 7.11 Å². The van der Waals surface area contributed by atoms with Crippen LogP contribution in [0.25, 0.3) is 0 Å². The van der Waals surface area contributed by atoms with Crippen molar-refractivity contribution in [2.75, 3.05) is 78.7 Å². The van der Waals surface area contributed by atoms with E-state index in [2.05, 4.69) is 80.8 Å². The number of ether oxygens (including phenoxy) is 3. The molecule has 0 radical (unpaired) electrons. The Morgan fingerprint density at radius 2 is 1.51 bits per heavy atom. The Labute approximate surface area is 260 Å². The molecule has 6 heterocycles. The molecule has 0 N–H and O–H groups in total. The largest absolute Gasteiger partial charge is 0.381 e. The summed E-state index contributed by atoms with van der Waals surface area (Å²) in [4.78, 5) is 17.2. The van der Waals surface area contributed by atoms with Crippen LogP contribution in [0.1, 0.15) is 98.8 Å². The van der Waals surface area contributed by atoms with Crippen molar-refractivity contribution >= 4 is 5.82 Å². The summed E-state index contributed by atoms with van der Waals surface area (Å²) >= 11 is 0. The zero-order valence-corrected chi connectivity index (χ0v) is 27.7. The van der Waals surface area contributed by atoms with Gasteiger partial charge in [0.05, 0.1) is 25.0 Å². The third-order valence-electron chi connectivity index (χ3n) is 9.93. The van der Waals surface area contributed by atoms with Crippen LogP contribution >= 0.6 is 0 Å². The van der Waals surface area contributed by atoms with E-state index in [1.165, 1.54) is 34.0 Å². The SMILES string of the molecule is CCC(C)c1ccc(C2CCOC2)c(N2CC(N(C)C)C2)n1.COC1CN(Cc2nc(C(C)C)ccc2C2CCOC2)C1. The Morgan fingerprint density at radius 3 is 2.07 bits per heavy atom. The van der Waals surface area contributed by atoms with Crippen LogP contribution in [0.15, 0.2) is 24.3 Å². The van der Waals surface area contributed by atoms with Gasteiger partial charge in [-0.3, -0.25) is 9.88 Å². The average molecular weight is 594 g/mol. The first-order chi connectivity index (χ1) is 20.8. The Bertz CT molecular complexity index is 1170. The summed E-state index contributed by atoms with van der Waals surface area (Å²) in [5.41, 5.74) is 6.44. The van der Waals surface area contributed by atoms with Crippen molar-refractivity contribution in [2.24, 2.45) is 0 Å².